The van der Waals surface area contributed by atoms with E-state index in [2.05, 4.69) is 20.8 Å². The molecular formula is C11H22O. The van der Waals surface area contributed by atoms with Crippen LogP contribution in [0.1, 0.15) is 52.9 Å². The molecule has 72 valence electrons. The van der Waals surface area contributed by atoms with Gasteiger partial charge in [-0.05, 0) is 37.5 Å². The summed E-state index contributed by atoms with van der Waals surface area (Å²) in [7, 11) is 0. The van der Waals surface area contributed by atoms with E-state index in [4.69, 9.17) is 0 Å². The summed E-state index contributed by atoms with van der Waals surface area (Å²) in [6, 6.07) is 0. The molecule has 1 atom stereocenters. The molecule has 1 fully saturated rings. The first-order valence-corrected chi connectivity index (χ1v) is 5.31. The summed E-state index contributed by atoms with van der Waals surface area (Å²) in [5.41, 5.74) is -0.332. The van der Waals surface area contributed by atoms with Crippen LogP contribution in [-0.2, 0) is 0 Å². The van der Waals surface area contributed by atoms with Crippen molar-refractivity contribution < 1.29 is 5.11 Å². The smallest absolute Gasteiger partial charge is 0.0673 e. The van der Waals surface area contributed by atoms with Crippen molar-refractivity contribution in [3.05, 3.63) is 0 Å². The van der Waals surface area contributed by atoms with Crippen LogP contribution in [0.15, 0.2) is 0 Å². The fraction of sp³-hybridized carbons (Fsp3) is 1.00. The Morgan fingerprint density at radius 3 is 2.33 bits per heavy atom. The van der Waals surface area contributed by atoms with Gasteiger partial charge in [-0.2, -0.15) is 0 Å². The van der Waals surface area contributed by atoms with Gasteiger partial charge < -0.3 is 5.11 Å². The Labute approximate surface area is 76.2 Å². The van der Waals surface area contributed by atoms with E-state index >= 15 is 0 Å². The monoisotopic (exact) mass is 170 g/mol. The van der Waals surface area contributed by atoms with E-state index in [0.29, 0.717) is 5.92 Å². The number of hydrogen-bond acceptors (Lipinski definition) is 1. The molecule has 1 N–H and O–H groups in total. The van der Waals surface area contributed by atoms with Crippen LogP contribution in [0, 0.1) is 11.8 Å². The Kier molecular flexibility index (Phi) is 3.16. The molecule has 1 nitrogen and oxygen atoms in total. The zero-order valence-corrected chi connectivity index (χ0v) is 8.64. The predicted octanol–water partition coefficient (Wildman–Crippen LogP) is 2.97. The quantitative estimate of drug-likeness (QED) is 0.675. The van der Waals surface area contributed by atoms with Crippen molar-refractivity contribution in [1.29, 1.82) is 0 Å². The molecule has 1 unspecified atom stereocenters. The number of aliphatic hydroxyl groups is 1. The summed E-state index contributed by atoms with van der Waals surface area (Å²) >= 11 is 0. The molecule has 1 saturated carbocycles. The lowest BCUT2D eigenvalue weighted by atomic mass is 9.72. The van der Waals surface area contributed by atoms with Crippen LogP contribution in [-0.4, -0.2) is 10.7 Å². The molecule has 1 rings (SSSR count). The molecular weight excluding hydrogens is 148 g/mol. The molecule has 1 heteroatoms. The van der Waals surface area contributed by atoms with Crippen molar-refractivity contribution in [3.63, 3.8) is 0 Å². The molecule has 12 heavy (non-hydrogen) atoms. The van der Waals surface area contributed by atoms with Crippen LogP contribution in [0.3, 0.4) is 0 Å². The van der Waals surface area contributed by atoms with E-state index in [1.807, 2.05) is 0 Å². The van der Waals surface area contributed by atoms with E-state index in [1.165, 1.54) is 12.8 Å². The molecule has 0 heterocycles. The van der Waals surface area contributed by atoms with E-state index in [1.54, 1.807) is 0 Å². The van der Waals surface area contributed by atoms with E-state index in [9.17, 15) is 5.11 Å². The van der Waals surface area contributed by atoms with Gasteiger partial charge in [-0.15, -0.1) is 0 Å². The van der Waals surface area contributed by atoms with Crippen LogP contribution >= 0.6 is 0 Å². The highest BCUT2D eigenvalue weighted by atomic mass is 16.3. The molecule has 1 aliphatic rings. The normalized spacial score (nSPS) is 39.5. The topological polar surface area (TPSA) is 20.2 Å². The van der Waals surface area contributed by atoms with Gasteiger partial charge in [0.15, 0.2) is 0 Å². The van der Waals surface area contributed by atoms with E-state index in [-0.39, 0.29) is 5.60 Å². The fourth-order valence-corrected chi connectivity index (χ4v) is 2.13. The molecule has 0 aromatic heterocycles. The zero-order valence-electron chi connectivity index (χ0n) is 8.64. The van der Waals surface area contributed by atoms with Gasteiger partial charge in [-0.25, -0.2) is 0 Å². The number of hydrogen-bond donors (Lipinski definition) is 1. The second-order valence-electron chi connectivity index (χ2n) is 4.60. The lowest BCUT2D eigenvalue weighted by Gasteiger charge is -2.39. The Bertz CT molecular complexity index is 134. The summed E-state index contributed by atoms with van der Waals surface area (Å²) in [6.07, 6.45) is 5.55. The molecule has 0 bridgehead atoms. The van der Waals surface area contributed by atoms with Crippen LogP contribution in [0.2, 0.25) is 0 Å². The molecule has 0 aromatic rings. The Morgan fingerprint density at radius 1 is 1.42 bits per heavy atom. The molecule has 0 radical (unpaired) electrons. The summed E-state index contributed by atoms with van der Waals surface area (Å²) in [6.45, 7) is 6.63. The van der Waals surface area contributed by atoms with Crippen LogP contribution in [0.5, 0.6) is 0 Å². The van der Waals surface area contributed by atoms with E-state index in [0.717, 1.165) is 25.2 Å². The molecule has 0 aliphatic heterocycles. The average molecular weight is 170 g/mol. The molecule has 0 aromatic carbocycles. The highest BCUT2D eigenvalue weighted by Gasteiger charge is 2.35. The van der Waals surface area contributed by atoms with E-state index < -0.39 is 0 Å². The van der Waals surface area contributed by atoms with Gasteiger partial charge in [0.1, 0.15) is 0 Å². The van der Waals surface area contributed by atoms with Gasteiger partial charge in [0.2, 0.25) is 0 Å². The molecule has 0 saturated heterocycles. The third kappa shape index (κ3) is 2.01. The highest BCUT2D eigenvalue weighted by Crippen LogP contribution is 2.37. The minimum absolute atomic E-state index is 0.332. The summed E-state index contributed by atoms with van der Waals surface area (Å²) < 4.78 is 0. The highest BCUT2D eigenvalue weighted by molar-refractivity contribution is 4.87. The summed E-state index contributed by atoms with van der Waals surface area (Å²) in [5, 5.41) is 10.3. The van der Waals surface area contributed by atoms with Crippen molar-refractivity contribution in [2.75, 3.05) is 0 Å². The predicted molar refractivity (Wildman–Crippen MR) is 52.0 cm³/mol. The molecule has 0 amide bonds. The largest absolute Gasteiger partial charge is 0.390 e. The lowest BCUT2D eigenvalue weighted by molar-refractivity contribution is -0.0530. The van der Waals surface area contributed by atoms with Gasteiger partial charge in [-0.3, -0.25) is 0 Å². The van der Waals surface area contributed by atoms with Crippen LogP contribution in [0.4, 0.5) is 0 Å². The molecule has 1 aliphatic carbocycles. The first-order valence-electron chi connectivity index (χ1n) is 5.31. The Balaban J connectivity index is 2.49. The van der Waals surface area contributed by atoms with Gasteiger partial charge in [-0.1, -0.05) is 27.2 Å². The standard InChI is InChI=1S/C11H22O/c1-4-10(3)11(12)7-5-9(2)6-8-11/h9-10,12H,4-8H2,1-3H3. The van der Waals surface area contributed by atoms with Crippen molar-refractivity contribution >= 4 is 0 Å². The average Bonchev–Trinajstić information content (AvgIpc) is 2.09. The third-order valence-electron chi connectivity index (χ3n) is 3.67. The minimum Gasteiger partial charge on any atom is -0.390 e. The zero-order chi connectivity index (χ0) is 9.19. The minimum atomic E-state index is -0.332. The van der Waals surface area contributed by atoms with Crippen LogP contribution in [0.25, 0.3) is 0 Å². The maximum atomic E-state index is 10.3. The van der Waals surface area contributed by atoms with Crippen molar-refractivity contribution in [3.8, 4) is 0 Å². The summed E-state index contributed by atoms with van der Waals surface area (Å²) in [5.74, 6) is 1.30. The fourth-order valence-electron chi connectivity index (χ4n) is 2.13. The van der Waals surface area contributed by atoms with Crippen molar-refractivity contribution in [2.45, 2.75) is 58.5 Å². The van der Waals surface area contributed by atoms with Gasteiger partial charge >= 0.3 is 0 Å². The van der Waals surface area contributed by atoms with Crippen molar-refractivity contribution in [2.24, 2.45) is 11.8 Å². The Morgan fingerprint density at radius 2 is 1.92 bits per heavy atom. The first kappa shape index (κ1) is 10.0. The second-order valence-corrected chi connectivity index (χ2v) is 4.60. The maximum Gasteiger partial charge on any atom is 0.0673 e. The summed E-state index contributed by atoms with van der Waals surface area (Å²) in [4.78, 5) is 0. The maximum absolute atomic E-state index is 10.3. The van der Waals surface area contributed by atoms with Gasteiger partial charge in [0, 0.05) is 0 Å². The molecule has 0 spiro atoms. The first-order chi connectivity index (χ1) is 5.58. The lowest BCUT2D eigenvalue weighted by Crippen LogP contribution is -2.39. The SMILES string of the molecule is CCC(C)C1(O)CCC(C)CC1. The van der Waals surface area contributed by atoms with Gasteiger partial charge in [0.05, 0.1) is 5.60 Å². The second kappa shape index (κ2) is 3.78. The van der Waals surface area contributed by atoms with Crippen LogP contribution < -0.4 is 0 Å². The van der Waals surface area contributed by atoms with Crippen molar-refractivity contribution in [1.82, 2.24) is 0 Å². The Hall–Kier alpha value is -0.0400. The van der Waals surface area contributed by atoms with Gasteiger partial charge in [0.25, 0.3) is 0 Å². The third-order valence-corrected chi connectivity index (χ3v) is 3.67. The number of rotatable bonds is 2.